The number of carboxylic acid groups (broad SMARTS) is 1. The Balaban J connectivity index is 1.91. The number of halogens is 2. The van der Waals surface area contributed by atoms with Gasteiger partial charge < -0.3 is 20.8 Å². The third-order valence-electron chi connectivity index (χ3n) is 6.61. The normalized spacial score (nSPS) is 17.5. The third-order valence-corrected chi connectivity index (χ3v) is 6.61. The number of amides is 1. The van der Waals surface area contributed by atoms with Gasteiger partial charge in [0.1, 0.15) is 11.6 Å². The average Bonchev–Trinajstić information content (AvgIpc) is 3.51. The minimum atomic E-state index is -1.43. The lowest BCUT2D eigenvalue weighted by Gasteiger charge is -2.48. The zero-order valence-corrected chi connectivity index (χ0v) is 19.1. The summed E-state index contributed by atoms with van der Waals surface area (Å²) in [4.78, 5) is 11.8. The van der Waals surface area contributed by atoms with Crippen LogP contribution in [0, 0.1) is 29.4 Å². The number of benzene rings is 2. The first kappa shape index (κ1) is 24.7. The molecule has 176 valence electrons. The molecule has 1 aliphatic rings. The van der Waals surface area contributed by atoms with Gasteiger partial charge in [-0.15, -0.1) is 6.42 Å². The van der Waals surface area contributed by atoms with Crippen molar-refractivity contribution < 1.29 is 23.8 Å². The molecule has 33 heavy (non-hydrogen) atoms. The predicted molar refractivity (Wildman–Crippen MR) is 123 cm³/mol. The molecule has 1 fully saturated rings. The summed E-state index contributed by atoms with van der Waals surface area (Å²) in [6, 6.07) is 10.7. The fourth-order valence-electron chi connectivity index (χ4n) is 4.49. The molecule has 0 unspecified atom stereocenters. The number of aliphatic hydroxyl groups excluding tert-OH is 1. The van der Waals surface area contributed by atoms with Crippen LogP contribution in [-0.2, 0) is 12.0 Å². The summed E-state index contributed by atoms with van der Waals surface area (Å²) in [7, 11) is 0. The van der Waals surface area contributed by atoms with Crippen molar-refractivity contribution in [2.45, 2.75) is 57.2 Å². The zero-order valence-electron chi connectivity index (χ0n) is 19.1. The molecule has 0 saturated heterocycles. The fourth-order valence-corrected chi connectivity index (χ4v) is 4.49. The molecule has 0 aliphatic heterocycles. The van der Waals surface area contributed by atoms with Gasteiger partial charge in [-0.05, 0) is 60.1 Å². The summed E-state index contributed by atoms with van der Waals surface area (Å²) in [6.45, 7) is 5.41. The molecule has 1 amide bonds. The van der Waals surface area contributed by atoms with Gasteiger partial charge in [-0.25, -0.2) is 13.6 Å². The van der Waals surface area contributed by atoms with Gasteiger partial charge in [0.15, 0.2) is 0 Å². The Morgan fingerprint density at radius 3 is 2.33 bits per heavy atom. The van der Waals surface area contributed by atoms with Crippen LogP contribution in [0.2, 0.25) is 0 Å². The third kappa shape index (κ3) is 5.35. The summed E-state index contributed by atoms with van der Waals surface area (Å²) >= 11 is 0. The van der Waals surface area contributed by atoms with Crippen LogP contribution in [0.4, 0.5) is 13.6 Å². The number of rotatable bonds is 8. The van der Waals surface area contributed by atoms with Crippen LogP contribution < -0.4 is 10.6 Å². The van der Waals surface area contributed by atoms with E-state index >= 15 is 0 Å². The SMILES string of the molecule is C#Cc1cccc(C2(NC[C@@H](O)[C@@](Cc3cc(F)cc(F)c3)(NC(=O)O)C(C)(C)C)CC2)c1. The van der Waals surface area contributed by atoms with E-state index in [4.69, 9.17) is 6.42 Å². The number of terminal acetylenes is 1. The van der Waals surface area contributed by atoms with Crippen molar-refractivity contribution in [3.63, 3.8) is 0 Å². The molecule has 0 bridgehead atoms. The van der Waals surface area contributed by atoms with Gasteiger partial charge in [-0.3, -0.25) is 0 Å². The minimum Gasteiger partial charge on any atom is -0.465 e. The molecule has 2 aromatic rings. The van der Waals surface area contributed by atoms with Gasteiger partial charge in [0.2, 0.25) is 0 Å². The van der Waals surface area contributed by atoms with E-state index in [1.54, 1.807) is 20.8 Å². The molecule has 0 spiro atoms. The highest BCUT2D eigenvalue weighted by molar-refractivity contribution is 5.66. The lowest BCUT2D eigenvalue weighted by Crippen LogP contribution is -2.67. The van der Waals surface area contributed by atoms with Gasteiger partial charge in [0.25, 0.3) is 0 Å². The van der Waals surface area contributed by atoms with E-state index < -0.39 is 34.8 Å². The quantitative estimate of drug-likeness (QED) is 0.449. The summed E-state index contributed by atoms with van der Waals surface area (Å²) in [6.07, 6.45) is 4.58. The standard InChI is InChI=1S/C26H30F2N2O3/c1-5-17-7-6-8-19(11-17)25(9-10-25)29-16-22(31)26(24(2,3)4,30-23(32)33)15-18-12-20(27)14-21(28)13-18/h1,6-8,11-14,22,29-31H,9-10,15-16H2,2-4H3,(H,32,33)/t22-,26-/m1/s1. The maximum absolute atomic E-state index is 13.9. The van der Waals surface area contributed by atoms with Crippen molar-refractivity contribution in [1.82, 2.24) is 10.6 Å². The molecule has 0 radical (unpaired) electrons. The number of nitrogens with one attached hydrogen (secondary N) is 2. The van der Waals surface area contributed by atoms with Crippen LogP contribution in [0.3, 0.4) is 0 Å². The number of hydrogen-bond donors (Lipinski definition) is 4. The second-order valence-corrected chi connectivity index (χ2v) is 9.81. The molecule has 3 rings (SSSR count). The lowest BCUT2D eigenvalue weighted by molar-refractivity contribution is -0.0106. The van der Waals surface area contributed by atoms with E-state index in [2.05, 4.69) is 16.6 Å². The van der Waals surface area contributed by atoms with E-state index in [-0.39, 0.29) is 24.1 Å². The molecule has 4 N–H and O–H groups in total. The first-order valence-electron chi connectivity index (χ1n) is 10.9. The second-order valence-electron chi connectivity index (χ2n) is 9.81. The van der Waals surface area contributed by atoms with E-state index in [1.807, 2.05) is 24.3 Å². The zero-order chi connectivity index (χ0) is 24.4. The van der Waals surface area contributed by atoms with Crippen molar-refractivity contribution in [3.05, 3.63) is 70.8 Å². The molecular formula is C26H30F2N2O3. The summed E-state index contributed by atoms with van der Waals surface area (Å²) < 4.78 is 27.7. The molecule has 0 aromatic heterocycles. The van der Waals surface area contributed by atoms with Gasteiger partial charge in [0.05, 0.1) is 11.6 Å². The molecule has 1 aliphatic carbocycles. The molecule has 0 heterocycles. The largest absolute Gasteiger partial charge is 0.465 e. The topological polar surface area (TPSA) is 81.6 Å². The van der Waals surface area contributed by atoms with Crippen LogP contribution in [0.5, 0.6) is 0 Å². The minimum absolute atomic E-state index is 0.0651. The number of hydrogen-bond acceptors (Lipinski definition) is 3. The van der Waals surface area contributed by atoms with Crippen molar-refractivity contribution in [2.75, 3.05) is 6.54 Å². The highest BCUT2D eigenvalue weighted by Gasteiger charge is 2.51. The smallest absolute Gasteiger partial charge is 0.405 e. The fraction of sp³-hybridized carbons (Fsp3) is 0.423. The van der Waals surface area contributed by atoms with Gasteiger partial charge >= 0.3 is 6.09 Å². The van der Waals surface area contributed by atoms with E-state index in [9.17, 15) is 23.8 Å². The van der Waals surface area contributed by atoms with Crippen LogP contribution in [0.15, 0.2) is 42.5 Å². The Morgan fingerprint density at radius 2 is 1.82 bits per heavy atom. The van der Waals surface area contributed by atoms with Gasteiger partial charge in [-0.2, -0.15) is 0 Å². The number of aliphatic hydroxyl groups is 1. The van der Waals surface area contributed by atoms with Crippen LogP contribution in [-0.4, -0.2) is 34.5 Å². The van der Waals surface area contributed by atoms with Crippen molar-refractivity contribution in [3.8, 4) is 12.3 Å². The molecule has 1 saturated carbocycles. The maximum Gasteiger partial charge on any atom is 0.405 e. The van der Waals surface area contributed by atoms with Crippen molar-refractivity contribution in [2.24, 2.45) is 5.41 Å². The Hall–Kier alpha value is -2.95. The van der Waals surface area contributed by atoms with Gasteiger partial charge in [-0.1, -0.05) is 38.8 Å². The summed E-state index contributed by atoms with van der Waals surface area (Å²) in [5.41, 5.74) is -0.571. The van der Waals surface area contributed by atoms with Crippen LogP contribution in [0.25, 0.3) is 0 Å². The Kier molecular flexibility index (Phi) is 6.83. The highest BCUT2D eigenvalue weighted by Crippen LogP contribution is 2.46. The van der Waals surface area contributed by atoms with E-state index in [0.29, 0.717) is 0 Å². The van der Waals surface area contributed by atoms with E-state index in [0.717, 1.165) is 42.2 Å². The molecule has 2 aromatic carbocycles. The van der Waals surface area contributed by atoms with Crippen molar-refractivity contribution in [1.29, 1.82) is 0 Å². The summed E-state index contributed by atoms with van der Waals surface area (Å²) in [5, 5.41) is 26.9. The Morgan fingerprint density at radius 1 is 1.18 bits per heavy atom. The maximum atomic E-state index is 13.9. The first-order valence-corrected chi connectivity index (χ1v) is 10.9. The Bertz CT molecular complexity index is 1050. The molecule has 5 nitrogen and oxygen atoms in total. The van der Waals surface area contributed by atoms with Crippen LogP contribution in [0.1, 0.15) is 50.3 Å². The second kappa shape index (κ2) is 9.12. The molecule has 7 heteroatoms. The van der Waals surface area contributed by atoms with Crippen LogP contribution >= 0.6 is 0 Å². The molecule has 2 atom stereocenters. The number of carbonyl (C=O) groups is 1. The molecular weight excluding hydrogens is 426 g/mol. The van der Waals surface area contributed by atoms with Gasteiger partial charge in [0, 0.05) is 23.7 Å². The lowest BCUT2D eigenvalue weighted by atomic mass is 9.66. The van der Waals surface area contributed by atoms with Crippen molar-refractivity contribution >= 4 is 6.09 Å². The van der Waals surface area contributed by atoms with E-state index in [1.165, 1.54) is 0 Å². The Labute approximate surface area is 193 Å². The predicted octanol–water partition coefficient (Wildman–Crippen LogP) is 4.18. The average molecular weight is 457 g/mol. The highest BCUT2D eigenvalue weighted by atomic mass is 19.1. The monoisotopic (exact) mass is 456 g/mol. The first-order chi connectivity index (χ1) is 15.4. The summed E-state index contributed by atoms with van der Waals surface area (Å²) in [5.74, 6) is 1.09.